The Kier molecular flexibility index (Phi) is 5.17. The van der Waals surface area contributed by atoms with E-state index in [9.17, 15) is 0 Å². The fourth-order valence-corrected chi connectivity index (χ4v) is 7.55. The first kappa shape index (κ1) is 24.1. The van der Waals surface area contributed by atoms with Crippen molar-refractivity contribution in [3.63, 3.8) is 0 Å². The summed E-state index contributed by atoms with van der Waals surface area (Å²) in [6.45, 7) is 0. The predicted molar refractivity (Wildman–Crippen MR) is 174 cm³/mol. The molecule has 0 bridgehead atoms. The summed E-state index contributed by atoms with van der Waals surface area (Å²) in [6, 6.07) is 51.0. The number of nitrogens with zero attached hydrogens (tertiary/aromatic N) is 3. The van der Waals surface area contributed by atoms with Crippen molar-refractivity contribution in [2.45, 2.75) is 11.8 Å². The average molecular weight is 550 g/mol. The quantitative estimate of drug-likeness (QED) is 0.215. The minimum atomic E-state index is -0.459. The zero-order valence-corrected chi connectivity index (χ0v) is 23.5. The molecule has 0 atom stereocenters. The molecule has 2 aliphatic rings. The third-order valence-corrected chi connectivity index (χ3v) is 9.24. The van der Waals surface area contributed by atoms with E-state index in [2.05, 4.69) is 143 Å². The van der Waals surface area contributed by atoms with E-state index in [1.165, 1.54) is 44.8 Å². The van der Waals surface area contributed by atoms with Crippen molar-refractivity contribution in [1.29, 1.82) is 0 Å². The minimum Gasteiger partial charge on any atom is -0.310 e. The maximum Gasteiger partial charge on any atom is 0.0965 e. The molecule has 1 aliphatic carbocycles. The largest absolute Gasteiger partial charge is 0.310 e. The first-order valence-electron chi connectivity index (χ1n) is 14.8. The standard InChI is InChI=1S/C40H27N3/c1-2-13-30(14-3-1)43-37-20-9-8-18-34(37)40(32-16-6-4-11-28(32)25-29-12-5-7-17-33(29)40)35-22-21-27(26-38(35)43)31-15-10-19-36-39(31)42-24-23-41-36/h1-24,26H,25H2. The van der Waals surface area contributed by atoms with Crippen molar-refractivity contribution in [2.75, 3.05) is 4.90 Å². The van der Waals surface area contributed by atoms with Crippen molar-refractivity contribution >= 4 is 28.1 Å². The zero-order chi connectivity index (χ0) is 28.4. The molecule has 9 rings (SSSR count). The van der Waals surface area contributed by atoms with Crippen molar-refractivity contribution < 1.29 is 0 Å². The molecule has 3 nitrogen and oxygen atoms in total. The van der Waals surface area contributed by atoms with Gasteiger partial charge in [0.2, 0.25) is 0 Å². The Balaban J connectivity index is 1.43. The molecule has 1 aliphatic heterocycles. The van der Waals surface area contributed by atoms with Crippen LogP contribution in [0.5, 0.6) is 0 Å². The molecule has 0 radical (unpaired) electrons. The SMILES string of the molecule is c1ccc(N2c3ccccc3C3(c4ccccc4Cc4ccccc43)c3ccc(-c4cccc5nccnc45)cc32)cc1. The molecular weight excluding hydrogens is 522 g/mol. The predicted octanol–water partition coefficient (Wildman–Crippen LogP) is 9.37. The van der Waals surface area contributed by atoms with Crippen LogP contribution in [0.1, 0.15) is 33.4 Å². The van der Waals surface area contributed by atoms with E-state index in [1.807, 2.05) is 6.07 Å². The van der Waals surface area contributed by atoms with Crippen molar-refractivity contribution in [3.05, 3.63) is 185 Å². The number of benzene rings is 6. The fraction of sp³-hybridized carbons (Fsp3) is 0.0500. The van der Waals surface area contributed by atoms with Crippen LogP contribution in [0.3, 0.4) is 0 Å². The number of aromatic nitrogens is 2. The topological polar surface area (TPSA) is 29.0 Å². The molecule has 3 heteroatoms. The monoisotopic (exact) mass is 549 g/mol. The second-order valence-electron chi connectivity index (χ2n) is 11.4. The summed E-state index contributed by atoms with van der Waals surface area (Å²) in [5, 5.41) is 0. The number of anilines is 3. The molecule has 0 N–H and O–H groups in total. The Morgan fingerprint density at radius 3 is 1.95 bits per heavy atom. The highest BCUT2D eigenvalue weighted by molar-refractivity contribution is 5.96. The molecule has 7 aromatic rings. The molecular formula is C40H27N3. The summed E-state index contributed by atoms with van der Waals surface area (Å²) >= 11 is 0. The lowest BCUT2D eigenvalue weighted by atomic mass is 9.57. The van der Waals surface area contributed by atoms with Crippen LogP contribution in [0.25, 0.3) is 22.2 Å². The molecule has 0 amide bonds. The number of para-hydroxylation sites is 3. The van der Waals surface area contributed by atoms with Gasteiger partial charge in [-0.2, -0.15) is 0 Å². The van der Waals surface area contributed by atoms with Crippen LogP contribution >= 0.6 is 0 Å². The van der Waals surface area contributed by atoms with Gasteiger partial charge >= 0.3 is 0 Å². The van der Waals surface area contributed by atoms with E-state index >= 15 is 0 Å². The maximum absolute atomic E-state index is 4.75. The smallest absolute Gasteiger partial charge is 0.0965 e. The van der Waals surface area contributed by atoms with E-state index in [4.69, 9.17) is 4.98 Å². The van der Waals surface area contributed by atoms with Crippen LogP contribution in [0.4, 0.5) is 17.1 Å². The first-order valence-corrected chi connectivity index (χ1v) is 14.8. The van der Waals surface area contributed by atoms with Crippen molar-refractivity contribution in [2.24, 2.45) is 0 Å². The van der Waals surface area contributed by atoms with Gasteiger partial charge in [-0.05, 0) is 75.7 Å². The van der Waals surface area contributed by atoms with Gasteiger partial charge in [-0.3, -0.25) is 9.97 Å². The number of fused-ring (bicyclic) bond motifs is 9. The van der Waals surface area contributed by atoms with Gasteiger partial charge in [0.25, 0.3) is 0 Å². The van der Waals surface area contributed by atoms with Crippen LogP contribution in [0.15, 0.2) is 152 Å². The summed E-state index contributed by atoms with van der Waals surface area (Å²) in [5.74, 6) is 0. The van der Waals surface area contributed by atoms with Gasteiger partial charge in [-0.1, -0.05) is 109 Å². The molecule has 0 saturated heterocycles. The summed E-state index contributed by atoms with van der Waals surface area (Å²) < 4.78 is 0. The highest BCUT2D eigenvalue weighted by Crippen LogP contribution is 2.60. The molecule has 202 valence electrons. The molecule has 0 unspecified atom stereocenters. The summed E-state index contributed by atoms with van der Waals surface area (Å²) in [7, 11) is 0. The molecule has 2 heterocycles. The Hall–Kier alpha value is -5.54. The Morgan fingerprint density at radius 1 is 0.512 bits per heavy atom. The number of hydrogen-bond donors (Lipinski definition) is 0. The molecule has 43 heavy (non-hydrogen) atoms. The van der Waals surface area contributed by atoms with E-state index in [0.717, 1.165) is 34.3 Å². The average Bonchev–Trinajstić information content (AvgIpc) is 3.08. The second-order valence-corrected chi connectivity index (χ2v) is 11.4. The van der Waals surface area contributed by atoms with Crippen LogP contribution in [0, 0.1) is 0 Å². The third kappa shape index (κ3) is 3.36. The van der Waals surface area contributed by atoms with Gasteiger partial charge in [0, 0.05) is 23.6 Å². The molecule has 6 aromatic carbocycles. The minimum absolute atomic E-state index is 0.459. The normalized spacial score (nSPS) is 14.1. The second kappa shape index (κ2) is 9.23. The van der Waals surface area contributed by atoms with Crippen LogP contribution in [-0.4, -0.2) is 9.97 Å². The van der Waals surface area contributed by atoms with Crippen LogP contribution < -0.4 is 4.90 Å². The van der Waals surface area contributed by atoms with E-state index < -0.39 is 5.41 Å². The summed E-state index contributed by atoms with van der Waals surface area (Å²) in [6.07, 6.45) is 4.47. The Morgan fingerprint density at radius 2 is 1.16 bits per heavy atom. The number of rotatable bonds is 2. The van der Waals surface area contributed by atoms with Gasteiger partial charge < -0.3 is 4.90 Å². The van der Waals surface area contributed by atoms with Crippen LogP contribution in [0.2, 0.25) is 0 Å². The Bertz CT molecular complexity index is 2130. The molecule has 1 aromatic heterocycles. The summed E-state index contributed by atoms with van der Waals surface area (Å²) in [5.41, 5.74) is 15.1. The Labute approximate surface area is 250 Å². The summed E-state index contributed by atoms with van der Waals surface area (Å²) in [4.78, 5) is 11.8. The third-order valence-electron chi connectivity index (χ3n) is 9.24. The van der Waals surface area contributed by atoms with Crippen LogP contribution in [-0.2, 0) is 11.8 Å². The van der Waals surface area contributed by atoms with E-state index in [-0.39, 0.29) is 0 Å². The van der Waals surface area contributed by atoms with E-state index in [1.54, 1.807) is 12.4 Å². The molecule has 1 spiro atoms. The lowest BCUT2D eigenvalue weighted by Crippen LogP contribution is -2.41. The molecule has 0 fully saturated rings. The van der Waals surface area contributed by atoms with Crippen molar-refractivity contribution in [1.82, 2.24) is 9.97 Å². The van der Waals surface area contributed by atoms with Gasteiger partial charge in [0.15, 0.2) is 0 Å². The maximum atomic E-state index is 4.75. The molecule has 0 saturated carbocycles. The lowest BCUT2D eigenvalue weighted by molar-refractivity contribution is 0.693. The van der Waals surface area contributed by atoms with Gasteiger partial charge in [0.05, 0.1) is 27.8 Å². The zero-order valence-electron chi connectivity index (χ0n) is 23.5. The van der Waals surface area contributed by atoms with E-state index in [0.29, 0.717) is 0 Å². The van der Waals surface area contributed by atoms with Gasteiger partial charge in [-0.25, -0.2) is 0 Å². The van der Waals surface area contributed by atoms with Crippen molar-refractivity contribution in [3.8, 4) is 11.1 Å². The highest BCUT2D eigenvalue weighted by atomic mass is 15.2. The van der Waals surface area contributed by atoms with Gasteiger partial charge in [-0.15, -0.1) is 0 Å². The van der Waals surface area contributed by atoms with Gasteiger partial charge in [0.1, 0.15) is 0 Å². The fourth-order valence-electron chi connectivity index (χ4n) is 7.55. The first-order chi connectivity index (χ1) is 21.3. The lowest BCUT2D eigenvalue weighted by Gasteiger charge is -2.49. The highest BCUT2D eigenvalue weighted by Gasteiger charge is 2.49. The number of hydrogen-bond acceptors (Lipinski definition) is 3.